The second-order valence-electron chi connectivity index (χ2n) is 7.17. The van der Waals surface area contributed by atoms with E-state index in [1.165, 1.54) is 32.9 Å². The molecular formula is C14H26NO2+. The van der Waals surface area contributed by atoms with Crippen LogP contribution in [0.2, 0.25) is 0 Å². The van der Waals surface area contributed by atoms with Gasteiger partial charge in [0, 0.05) is 18.3 Å². The number of likely N-dealkylation sites (tertiary alicyclic amines) is 1. The van der Waals surface area contributed by atoms with Crippen LogP contribution in [0.15, 0.2) is 0 Å². The Morgan fingerprint density at radius 2 is 2.06 bits per heavy atom. The third-order valence-electron chi connectivity index (χ3n) is 4.55. The number of carbonyl (C=O) groups excluding carboxylic acids is 1. The van der Waals surface area contributed by atoms with E-state index in [0.29, 0.717) is 17.3 Å². The first-order chi connectivity index (χ1) is 7.84. The fourth-order valence-electron chi connectivity index (χ4n) is 4.41. The van der Waals surface area contributed by atoms with Gasteiger partial charge in [-0.25, -0.2) is 0 Å². The molecular weight excluding hydrogens is 214 g/mol. The van der Waals surface area contributed by atoms with E-state index in [1.54, 1.807) is 4.90 Å². The largest absolute Gasteiger partial charge is 0.469 e. The number of esters is 1. The number of rotatable bonds is 3. The summed E-state index contributed by atoms with van der Waals surface area (Å²) in [6.07, 6.45) is 4.54. The highest BCUT2D eigenvalue weighted by Crippen LogP contribution is 2.47. The summed E-state index contributed by atoms with van der Waals surface area (Å²) in [6.45, 7) is 9.38. The molecule has 1 saturated heterocycles. The van der Waals surface area contributed by atoms with E-state index in [-0.39, 0.29) is 5.97 Å². The molecule has 0 aromatic carbocycles. The van der Waals surface area contributed by atoms with E-state index in [4.69, 9.17) is 4.74 Å². The molecule has 0 aromatic rings. The topological polar surface area (TPSA) is 30.7 Å². The molecule has 1 aliphatic carbocycles. The minimum atomic E-state index is -0.0663. The summed E-state index contributed by atoms with van der Waals surface area (Å²) in [5, 5.41) is 0. The van der Waals surface area contributed by atoms with Gasteiger partial charge in [-0.2, -0.15) is 0 Å². The molecule has 1 aliphatic heterocycles. The van der Waals surface area contributed by atoms with Gasteiger partial charge in [-0.15, -0.1) is 0 Å². The Labute approximate surface area is 105 Å². The molecule has 1 N–H and O–H groups in total. The number of methoxy groups -OCH3 is 1. The summed E-state index contributed by atoms with van der Waals surface area (Å²) in [5.74, 6) is -0.0663. The number of ether oxygens (including phenoxy) is 1. The van der Waals surface area contributed by atoms with E-state index in [2.05, 4.69) is 20.8 Å². The Kier molecular flexibility index (Phi) is 3.23. The highest BCUT2D eigenvalue weighted by atomic mass is 16.5. The Morgan fingerprint density at radius 3 is 2.71 bits per heavy atom. The minimum Gasteiger partial charge on any atom is -0.469 e. The summed E-state index contributed by atoms with van der Waals surface area (Å²) in [4.78, 5) is 12.9. The number of quaternary nitrogens is 1. The maximum Gasteiger partial charge on any atom is 0.311 e. The number of hydrogen-bond acceptors (Lipinski definition) is 2. The van der Waals surface area contributed by atoms with Gasteiger partial charge in [-0.3, -0.25) is 4.79 Å². The smallest absolute Gasteiger partial charge is 0.311 e. The van der Waals surface area contributed by atoms with Gasteiger partial charge in [-0.05, 0) is 11.8 Å². The van der Waals surface area contributed by atoms with Crippen molar-refractivity contribution in [3.8, 4) is 0 Å². The SMILES string of the molecule is COC(=O)CC[NH+]1C[C@@]2(C)C[C@@H]1CC(C)(C)C2. The highest BCUT2D eigenvalue weighted by molar-refractivity contribution is 5.69. The molecule has 1 unspecified atom stereocenters. The number of hydrogen-bond donors (Lipinski definition) is 1. The third-order valence-corrected chi connectivity index (χ3v) is 4.55. The average Bonchev–Trinajstić information content (AvgIpc) is 2.43. The van der Waals surface area contributed by atoms with Crippen LogP contribution in [-0.4, -0.2) is 32.2 Å². The van der Waals surface area contributed by atoms with Crippen LogP contribution in [0.5, 0.6) is 0 Å². The molecule has 1 heterocycles. The summed E-state index contributed by atoms with van der Waals surface area (Å²) in [6, 6.07) is 0.758. The van der Waals surface area contributed by atoms with E-state index in [1.807, 2.05) is 0 Å². The molecule has 3 atom stereocenters. The van der Waals surface area contributed by atoms with Crippen LogP contribution in [-0.2, 0) is 9.53 Å². The van der Waals surface area contributed by atoms with Gasteiger partial charge in [0.05, 0.1) is 32.7 Å². The van der Waals surface area contributed by atoms with Gasteiger partial charge >= 0.3 is 5.97 Å². The van der Waals surface area contributed by atoms with Crippen molar-refractivity contribution in [2.45, 2.75) is 52.5 Å². The van der Waals surface area contributed by atoms with Gasteiger partial charge < -0.3 is 9.64 Å². The molecule has 2 rings (SSSR count). The average molecular weight is 240 g/mol. The predicted octanol–water partition coefficient (Wildman–Crippen LogP) is 1.03. The van der Waals surface area contributed by atoms with Crippen molar-refractivity contribution in [2.24, 2.45) is 10.8 Å². The van der Waals surface area contributed by atoms with Crippen molar-refractivity contribution in [1.29, 1.82) is 0 Å². The van der Waals surface area contributed by atoms with E-state index < -0.39 is 0 Å². The molecule has 2 aliphatic rings. The molecule has 3 heteroatoms. The molecule has 0 spiro atoms. The van der Waals surface area contributed by atoms with Crippen LogP contribution in [0.1, 0.15) is 46.5 Å². The lowest BCUT2D eigenvalue weighted by Gasteiger charge is -2.37. The molecule has 1 saturated carbocycles. The standard InChI is InChI=1S/C14H25NO2/c1-13(2)7-11-8-14(3,9-13)10-15(11)6-5-12(16)17-4/h11H,5-10H2,1-4H3/p+1/t11-,14-/m0/s1. The van der Waals surface area contributed by atoms with Gasteiger partial charge in [-0.1, -0.05) is 20.8 Å². The van der Waals surface area contributed by atoms with Crippen LogP contribution >= 0.6 is 0 Å². The first-order valence-corrected chi connectivity index (χ1v) is 6.75. The Hall–Kier alpha value is -0.570. The molecule has 0 radical (unpaired) electrons. The second-order valence-corrected chi connectivity index (χ2v) is 7.17. The summed E-state index contributed by atoms with van der Waals surface area (Å²) in [7, 11) is 1.48. The second kappa shape index (κ2) is 4.27. The van der Waals surface area contributed by atoms with E-state index in [0.717, 1.165) is 12.6 Å². The predicted molar refractivity (Wildman–Crippen MR) is 66.9 cm³/mol. The number of nitrogens with one attached hydrogen (secondary N) is 1. The molecule has 0 aromatic heterocycles. The van der Waals surface area contributed by atoms with Gasteiger partial charge in [0.15, 0.2) is 0 Å². The first-order valence-electron chi connectivity index (χ1n) is 6.75. The van der Waals surface area contributed by atoms with Gasteiger partial charge in [0.2, 0.25) is 0 Å². The highest BCUT2D eigenvalue weighted by Gasteiger charge is 2.52. The van der Waals surface area contributed by atoms with Crippen molar-refractivity contribution in [3.63, 3.8) is 0 Å². The van der Waals surface area contributed by atoms with Crippen molar-refractivity contribution in [2.75, 3.05) is 20.2 Å². The third kappa shape index (κ3) is 2.82. The van der Waals surface area contributed by atoms with Crippen molar-refractivity contribution in [1.82, 2.24) is 0 Å². The fourth-order valence-corrected chi connectivity index (χ4v) is 4.41. The van der Waals surface area contributed by atoms with Crippen molar-refractivity contribution in [3.05, 3.63) is 0 Å². The molecule has 2 fully saturated rings. The Morgan fingerprint density at radius 1 is 1.35 bits per heavy atom. The van der Waals surface area contributed by atoms with Crippen LogP contribution in [0, 0.1) is 10.8 Å². The maximum atomic E-state index is 11.2. The fraction of sp³-hybridized carbons (Fsp3) is 0.929. The summed E-state index contributed by atoms with van der Waals surface area (Å²) in [5.41, 5.74) is 0.975. The molecule has 0 amide bonds. The summed E-state index contributed by atoms with van der Waals surface area (Å²) < 4.78 is 4.74. The maximum absolute atomic E-state index is 11.2. The molecule has 2 bridgehead atoms. The Balaban J connectivity index is 1.96. The zero-order valence-electron chi connectivity index (χ0n) is 11.6. The molecule has 17 heavy (non-hydrogen) atoms. The zero-order valence-corrected chi connectivity index (χ0v) is 11.6. The number of fused-ring (bicyclic) bond motifs is 2. The zero-order chi connectivity index (χ0) is 12.7. The lowest BCUT2D eigenvalue weighted by molar-refractivity contribution is -0.914. The first kappa shape index (κ1) is 12.9. The van der Waals surface area contributed by atoms with E-state index >= 15 is 0 Å². The molecule has 98 valence electrons. The quantitative estimate of drug-likeness (QED) is 0.747. The lowest BCUT2D eigenvalue weighted by atomic mass is 9.65. The van der Waals surface area contributed by atoms with Crippen molar-refractivity contribution >= 4 is 5.97 Å². The monoisotopic (exact) mass is 240 g/mol. The van der Waals surface area contributed by atoms with E-state index in [9.17, 15) is 4.79 Å². The van der Waals surface area contributed by atoms with Crippen LogP contribution in [0.3, 0.4) is 0 Å². The van der Waals surface area contributed by atoms with Crippen molar-refractivity contribution < 1.29 is 14.4 Å². The van der Waals surface area contributed by atoms with Crippen LogP contribution in [0.25, 0.3) is 0 Å². The Bertz CT molecular complexity index is 313. The normalized spacial score (nSPS) is 39.1. The molecule has 3 nitrogen and oxygen atoms in total. The van der Waals surface area contributed by atoms with Crippen LogP contribution in [0.4, 0.5) is 0 Å². The lowest BCUT2D eigenvalue weighted by Crippen LogP contribution is -3.14. The minimum absolute atomic E-state index is 0.0663. The van der Waals surface area contributed by atoms with Gasteiger partial charge in [0.25, 0.3) is 0 Å². The van der Waals surface area contributed by atoms with Crippen LogP contribution < -0.4 is 4.90 Å². The van der Waals surface area contributed by atoms with Gasteiger partial charge in [0.1, 0.15) is 0 Å². The number of carbonyl (C=O) groups is 1. The summed E-state index contributed by atoms with van der Waals surface area (Å²) >= 11 is 0.